The van der Waals surface area contributed by atoms with Crippen LogP contribution in [0.4, 0.5) is 4.39 Å². The van der Waals surface area contributed by atoms with Crippen molar-refractivity contribution in [1.82, 2.24) is 0 Å². The highest BCUT2D eigenvalue weighted by atomic mass is 19.1. The number of halogens is 1. The highest BCUT2D eigenvalue weighted by Gasteiger charge is 2.18. The van der Waals surface area contributed by atoms with Crippen molar-refractivity contribution in [2.24, 2.45) is 0 Å². The fraction of sp³-hybridized carbons (Fsp3) is 0.200. The van der Waals surface area contributed by atoms with Gasteiger partial charge in [0.05, 0.1) is 14.2 Å². The second-order valence-corrected chi connectivity index (χ2v) is 5.40. The molecule has 1 atom stereocenters. The summed E-state index contributed by atoms with van der Waals surface area (Å²) in [4.78, 5) is 24.1. The number of ether oxygens (including phenoxy) is 3. The molecule has 0 amide bonds. The van der Waals surface area contributed by atoms with Crippen molar-refractivity contribution in [2.75, 3.05) is 14.2 Å². The summed E-state index contributed by atoms with van der Waals surface area (Å²) in [6.07, 6.45) is 1.59. The molecular formula is C20H19FO5. The highest BCUT2D eigenvalue weighted by Crippen LogP contribution is 2.18. The summed E-state index contributed by atoms with van der Waals surface area (Å²) < 4.78 is 28.6. The predicted molar refractivity (Wildman–Crippen MR) is 94.9 cm³/mol. The molecule has 0 aliphatic carbocycles. The Morgan fingerprint density at radius 1 is 1.04 bits per heavy atom. The van der Waals surface area contributed by atoms with E-state index in [4.69, 9.17) is 14.2 Å². The molecule has 2 aromatic carbocycles. The second kappa shape index (κ2) is 8.80. The van der Waals surface area contributed by atoms with Gasteiger partial charge in [-0.3, -0.25) is 4.79 Å². The Labute approximate surface area is 151 Å². The number of rotatable bonds is 7. The molecule has 0 aliphatic heterocycles. The zero-order valence-electron chi connectivity index (χ0n) is 14.7. The number of Topliss-reactive ketones (excluding diaryl/α,β-unsaturated/α-hetero) is 1. The number of benzene rings is 2. The van der Waals surface area contributed by atoms with Gasteiger partial charge in [0.25, 0.3) is 0 Å². The summed E-state index contributed by atoms with van der Waals surface area (Å²) in [7, 11) is 2.90. The summed E-state index contributed by atoms with van der Waals surface area (Å²) in [5, 5.41) is 0. The first-order valence-corrected chi connectivity index (χ1v) is 7.85. The molecule has 2 aromatic rings. The molecule has 0 saturated carbocycles. The third kappa shape index (κ3) is 4.92. The van der Waals surface area contributed by atoms with Crippen LogP contribution in [-0.2, 0) is 9.53 Å². The van der Waals surface area contributed by atoms with Crippen molar-refractivity contribution in [1.29, 1.82) is 0 Å². The first-order valence-electron chi connectivity index (χ1n) is 7.85. The topological polar surface area (TPSA) is 61.8 Å². The maximum absolute atomic E-state index is 13.6. The molecule has 0 unspecified atom stereocenters. The molecule has 0 heterocycles. The normalized spacial score (nSPS) is 11.8. The average molecular weight is 358 g/mol. The predicted octanol–water partition coefficient (Wildman–Crippen LogP) is 3.67. The fourth-order valence-corrected chi connectivity index (χ4v) is 2.21. The number of hydrogen-bond acceptors (Lipinski definition) is 5. The zero-order chi connectivity index (χ0) is 19.1. The van der Waals surface area contributed by atoms with E-state index in [9.17, 15) is 14.0 Å². The molecule has 0 saturated heterocycles. The fourth-order valence-electron chi connectivity index (χ4n) is 2.21. The van der Waals surface area contributed by atoms with Gasteiger partial charge in [0.15, 0.2) is 17.7 Å². The van der Waals surface area contributed by atoms with E-state index in [-0.39, 0.29) is 11.5 Å². The number of hydrogen-bond donors (Lipinski definition) is 0. The first kappa shape index (κ1) is 19.2. The minimum atomic E-state index is -0.951. The summed E-state index contributed by atoms with van der Waals surface area (Å²) in [6.45, 7) is 1.49. The van der Waals surface area contributed by atoms with Crippen LogP contribution in [0.2, 0.25) is 0 Å². The molecule has 0 N–H and O–H groups in total. The van der Waals surface area contributed by atoms with Crippen LogP contribution in [0.25, 0.3) is 6.08 Å². The van der Waals surface area contributed by atoms with Crippen molar-refractivity contribution in [3.05, 3.63) is 65.5 Å². The lowest BCUT2D eigenvalue weighted by atomic mass is 10.1. The van der Waals surface area contributed by atoms with Crippen LogP contribution in [0.1, 0.15) is 22.8 Å². The van der Waals surface area contributed by atoms with Gasteiger partial charge >= 0.3 is 5.97 Å². The smallest absolute Gasteiger partial charge is 0.331 e. The highest BCUT2D eigenvalue weighted by molar-refractivity contribution is 6.01. The lowest BCUT2D eigenvalue weighted by molar-refractivity contribution is -0.140. The Balaban J connectivity index is 1.97. The largest absolute Gasteiger partial charge is 0.497 e. The van der Waals surface area contributed by atoms with E-state index in [2.05, 4.69) is 0 Å². The Kier molecular flexibility index (Phi) is 6.49. The third-order valence-corrected chi connectivity index (χ3v) is 3.62. The van der Waals surface area contributed by atoms with E-state index in [0.717, 1.165) is 6.08 Å². The van der Waals surface area contributed by atoms with E-state index >= 15 is 0 Å². The molecular weight excluding hydrogens is 339 g/mol. The van der Waals surface area contributed by atoms with Crippen molar-refractivity contribution in [3.63, 3.8) is 0 Å². The molecule has 0 radical (unpaired) electrons. The summed E-state index contributed by atoms with van der Waals surface area (Å²) in [5.74, 6) is -0.823. The van der Waals surface area contributed by atoms with Crippen LogP contribution in [0.5, 0.6) is 11.5 Å². The number of methoxy groups -OCH3 is 2. The lowest BCUT2D eigenvalue weighted by Crippen LogP contribution is -2.23. The molecule has 2 rings (SSSR count). The maximum Gasteiger partial charge on any atom is 0.331 e. The Bertz CT molecular complexity index is 811. The van der Waals surface area contributed by atoms with E-state index in [1.807, 2.05) is 0 Å². The molecule has 0 bridgehead atoms. The van der Waals surface area contributed by atoms with Gasteiger partial charge in [-0.2, -0.15) is 0 Å². The standard InChI is InChI=1S/C20H19FO5/c1-13(20(23)15-6-8-16(24-2)9-7-15)26-19(22)11-5-14-4-10-18(25-3)17(21)12-14/h4-13H,1-3H3/b11-5+/t13-/m1/s1. The third-order valence-electron chi connectivity index (χ3n) is 3.62. The Hall–Kier alpha value is -3.15. The van der Waals surface area contributed by atoms with E-state index in [1.54, 1.807) is 30.3 Å². The maximum atomic E-state index is 13.6. The molecule has 0 spiro atoms. The number of esters is 1. The molecule has 0 aliphatic rings. The van der Waals surface area contributed by atoms with Gasteiger partial charge in [-0.05, 0) is 55.0 Å². The van der Waals surface area contributed by atoms with Crippen LogP contribution in [-0.4, -0.2) is 32.1 Å². The first-order chi connectivity index (χ1) is 12.4. The minimum Gasteiger partial charge on any atom is -0.497 e. The van der Waals surface area contributed by atoms with Gasteiger partial charge in [-0.25, -0.2) is 9.18 Å². The van der Waals surface area contributed by atoms with Gasteiger partial charge < -0.3 is 14.2 Å². The molecule has 26 heavy (non-hydrogen) atoms. The van der Waals surface area contributed by atoms with Crippen LogP contribution >= 0.6 is 0 Å². The minimum absolute atomic E-state index is 0.114. The second-order valence-electron chi connectivity index (χ2n) is 5.40. The van der Waals surface area contributed by atoms with Gasteiger partial charge in [0.2, 0.25) is 5.78 Å². The van der Waals surface area contributed by atoms with Crippen molar-refractivity contribution < 1.29 is 28.2 Å². The van der Waals surface area contributed by atoms with Gasteiger partial charge in [-0.1, -0.05) is 6.07 Å². The van der Waals surface area contributed by atoms with Gasteiger partial charge in [-0.15, -0.1) is 0 Å². The number of ketones is 1. The number of carbonyl (C=O) groups is 2. The van der Waals surface area contributed by atoms with Crippen LogP contribution in [0, 0.1) is 5.82 Å². The molecule has 6 heteroatoms. The van der Waals surface area contributed by atoms with Gasteiger partial charge in [0.1, 0.15) is 5.75 Å². The average Bonchev–Trinajstić information content (AvgIpc) is 2.66. The van der Waals surface area contributed by atoms with Crippen molar-refractivity contribution >= 4 is 17.8 Å². The SMILES string of the molecule is COc1ccc(C(=O)[C@@H](C)OC(=O)/C=C/c2ccc(OC)c(F)c2)cc1. The molecule has 0 aromatic heterocycles. The summed E-state index contributed by atoms with van der Waals surface area (Å²) >= 11 is 0. The van der Waals surface area contributed by atoms with Crippen molar-refractivity contribution in [3.8, 4) is 11.5 Å². The van der Waals surface area contributed by atoms with E-state index in [0.29, 0.717) is 16.9 Å². The van der Waals surface area contributed by atoms with E-state index in [1.165, 1.54) is 39.4 Å². The molecule has 136 valence electrons. The van der Waals surface area contributed by atoms with Crippen LogP contribution < -0.4 is 9.47 Å². The zero-order valence-corrected chi connectivity index (χ0v) is 14.7. The number of carbonyl (C=O) groups excluding carboxylic acids is 2. The van der Waals surface area contributed by atoms with Crippen LogP contribution in [0.15, 0.2) is 48.5 Å². The quantitative estimate of drug-likeness (QED) is 0.429. The van der Waals surface area contributed by atoms with Crippen molar-refractivity contribution in [2.45, 2.75) is 13.0 Å². The summed E-state index contributed by atoms with van der Waals surface area (Å²) in [5.41, 5.74) is 0.877. The molecule has 0 fully saturated rings. The summed E-state index contributed by atoms with van der Waals surface area (Å²) in [6, 6.07) is 10.8. The Morgan fingerprint density at radius 2 is 1.73 bits per heavy atom. The lowest BCUT2D eigenvalue weighted by Gasteiger charge is -2.11. The monoisotopic (exact) mass is 358 g/mol. The Morgan fingerprint density at radius 3 is 2.31 bits per heavy atom. The van der Waals surface area contributed by atoms with Gasteiger partial charge in [0, 0.05) is 11.6 Å². The van der Waals surface area contributed by atoms with E-state index < -0.39 is 17.9 Å². The van der Waals surface area contributed by atoms with Crippen LogP contribution in [0.3, 0.4) is 0 Å². The molecule has 5 nitrogen and oxygen atoms in total.